The maximum atomic E-state index is 13.2. The Morgan fingerprint density at radius 3 is 2.41 bits per heavy atom. The third kappa shape index (κ3) is 4.72. The first kappa shape index (κ1) is 24.0. The quantitative estimate of drug-likeness (QED) is 0.385. The molecule has 1 amide bonds. The van der Waals surface area contributed by atoms with Crippen molar-refractivity contribution in [1.29, 1.82) is 0 Å². The van der Waals surface area contributed by atoms with E-state index >= 15 is 0 Å². The zero-order valence-corrected chi connectivity index (χ0v) is 20.0. The van der Waals surface area contributed by atoms with Crippen LogP contribution in [0.5, 0.6) is 5.75 Å². The molecule has 2 aliphatic rings. The second kappa shape index (κ2) is 10.4. The molecule has 0 radical (unpaired) electrons. The Balaban J connectivity index is 1.74. The number of likely N-dealkylation sites (tertiary alicyclic amines) is 1. The molecule has 0 unspecified atom stereocenters. The van der Waals surface area contributed by atoms with Crippen molar-refractivity contribution in [3.8, 4) is 5.75 Å². The van der Waals surface area contributed by atoms with Crippen LogP contribution >= 0.6 is 0 Å². The summed E-state index contributed by atoms with van der Waals surface area (Å²) in [5, 5.41) is 11.3. The number of rotatable bonds is 7. The first-order valence-corrected chi connectivity index (χ1v) is 11.8. The van der Waals surface area contributed by atoms with Gasteiger partial charge in [-0.1, -0.05) is 31.2 Å². The van der Waals surface area contributed by atoms with Crippen LogP contribution in [0.1, 0.15) is 35.2 Å². The molecule has 7 nitrogen and oxygen atoms in total. The number of aliphatic hydroxyl groups is 1. The summed E-state index contributed by atoms with van der Waals surface area (Å²) in [5.41, 5.74) is 3.42. The van der Waals surface area contributed by atoms with Crippen molar-refractivity contribution in [3.63, 3.8) is 0 Å². The van der Waals surface area contributed by atoms with Crippen LogP contribution in [0.4, 0.5) is 0 Å². The molecule has 2 aliphatic heterocycles. The van der Waals surface area contributed by atoms with E-state index in [1.54, 1.807) is 30.2 Å². The lowest BCUT2D eigenvalue weighted by Gasteiger charge is -2.31. The highest BCUT2D eigenvalue weighted by Gasteiger charge is 2.46. The molecule has 2 fully saturated rings. The summed E-state index contributed by atoms with van der Waals surface area (Å²) >= 11 is 0. The van der Waals surface area contributed by atoms with Gasteiger partial charge in [0.25, 0.3) is 11.7 Å². The number of carbonyl (C=O) groups excluding carboxylic acids is 2. The Bertz CT molecular complexity index is 1090. The van der Waals surface area contributed by atoms with Crippen LogP contribution in [0, 0.1) is 6.92 Å². The Morgan fingerprint density at radius 2 is 1.79 bits per heavy atom. The van der Waals surface area contributed by atoms with Crippen LogP contribution in [-0.2, 0) is 20.7 Å². The Morgan fingerprint density at radius 1 is 1.09 bits per heavy atom. The smallest absolute Gasteiger partial charge is 0.295 e. The fraction of sp³-hybridized carbons (Fsp3) is 0.407. The molecule has 2 aromatic carbocycles. The SMILES string of the molecule is CCc1ccc([C@@H]2/C(=C(\O)c3ccc(OC)c(C)c3)C(=O)C(=O)N2CCN2CCOCC2)cc1. The second-order valence-corrected chi connectivity index (χ2v) is 8.73. The van der Waals surface area contributed by atoms with Gasteiger partial charge in [0.1, 0.15) is 11.5 Å². The molecule has 1 atom stereocenters. The van der Waals surface area contributed by atoms with Gasteiger partial charge in [-0.25, -0.2) is 0 Å². The maximum Gasteiger partial charge on any atom is 0.295 e. The monoisotopic (exact) mass is 464 g/mol. The van der Waals surface area contributed by atoms with Crippen LogP contribution in [0.3, 0.4) is 0 Å². The topological polar surface area (TPSA) is 79.3 Å². The minimum atomic E-state index is -0.655. The van der Waals surface area contributed by atoms with Crippen LogP contribution in [0.2, 0.25) is 0 Å². The van der Waals surface area contributed by atoms with E-state index in [4.69, 9.17) is 9.47 Å². The molecule has 0 saturated carbocycles. The highest BCUT2D eigenvalue weighted by atomic mass is 16.5. The molecule has 0 spiro atoms. The lowest BCUT2D eigenvalue weighted by Crippen LogP contribution is -2.42. The number of hydrogen-bond donors (Lipinski definition) is 1. The third-order valence-corrected chi connectivity index (χ3v) is 6.67. The van der Waals surface area contributed by atoms with Gasteiger partial charge in [0.05, 0.1) is 31.9 Å². The van der Waals surface area contributed by atoms with Crippen molar-refractivity contribution in [1.82, 2.24) is 9.80 Å². The van der Waals surface area contributed by atoms with E-state index in [1.165, 1.54) is 5.56 Å². The Labute approximate surface area is 200 Å². The van der Waals surface area contributed by atoms with E-state index in [9.17, 15) is 14.7 Å². The summed E-state index contributed by atoms with van der Waals surface area (Å²) in [4.78, 5) is 30.2. The first-order chi connectivity index (χ1) is 16.4. The second-order valence-electron chi connectivity index (χ2n) is 8.73. The summed E-state index contributed by atoms with van der Waals surface area (Å²) < 4.78 is 10.7. The number of amides is 1. The lowest BCUT2D eigenvalue weighted by atomic mass is 9.94. The van der Waals surface area contributed by atoms with Gasteiger partial charge in [-0.3, -0.25) is 14.5 Å². The fourth-order valence-electron chi connectivity index (χ4n) is 4.65. The largest absolute Gasteiger partial charge is 0.507 e. The zero-order chi connectivity index (χ0) is 24.2. The summed E-state index contributed by atoms with van der Waals surface area (Å²) in [6.45, 7) is 7.91. The molecule has 2 heterocycles. The number of nitrogens with zero attached hydrogens (tertiary/aromatic N) is 2. The number of carbonyl (C=O) groups is 2. The summed E-state index contributed by atoms with van der Waals surface area (Å²) in [6.07, 6.45) is 0.891. The lowest BCUT2D eigenvalue weighted by molar-refractivity contribution is -0.140. The summed E-state index contributed by atoms with van der Waals surface area (Å²) in [7, 11) is 1.59. The van der Waals surface area contributed by atoms with Crippen LogP contribution in [0.25, 0.3) is 5.76 Å². The third-order valence-electron chi connectivity index (χ3n) is 6.67. The standard InChI is InChI=1S/C27H32N2O5/c1-4-19-5-7-20(8-6-19)24-23(25(30)21-9-10-22(33-3)18(2)17-21)26(31)27(32)29(24)12-11-28-13-15-34-16-14-28/h5-10,17,24,30H,4,11-16H2,1-3H3/b25-23+/t24-/m1/s1. The normalized spacial score (nSPS) is 20.7. The number of hydrogen-bond acceptors (Lipinski definition) is 6. The molecule has 7 heteroatoms. The predicted molar refractivity (Wildman–Crippen MR) is 130 cm³/mol. The van der Waals surface area contributed by atoms with E-state index in [2.05, 4.69) is 11.8 Å². The molecule has 34 heavy (non-hydrogen) atoms. The number of aliphatic hydroxyl groups excluding tert-OH is 1. The Hall–Kier alpha value is -3.16. The van der Waals surface area contributed by atoms with Gasteiger partial charge in [0.15, 0.2) is 0 Å². The van der Waals surface area contributed by atoms with Crippen molar-refractivity contribution in [2.45, 2.75) is 26.3 Å². The highest BCUT2D eigenvalue weighted by molar-refractivity contribution is 6.46. The molecule has 4 rings (SSSR count). The number of methoxy groups -OCH3 is 1. The van der Waals surface area contributed by atoms with E-state index in [0.29, 0.717) is 37.6 Å². The van der Waals surface area contributed by atoms with Gasteiger partial charge in [-0.2, -0.15) is 0 Å². The number of aryl methyl sites for hydroxylation is 2. The molecule has 2 saturated heterocycles. The number of benzene rings is 2. The number of morpholine rings is 1. The van der Waals surface area contributed by atoms with Gasteiger partial charge < -0.3 is 19.5 Å². The van der Waals surface area contributed by atoms with Crippen molar-refractivity contribution in [3.05, 3.63) is 70.3 Å². The molecule has 2 aromatic rings. The van der Waals surface area contributed by atoms with Crippen LogP contribution in [-0.4, -0.2) is 73.1 Å². The average Bonchev–Trinajstić information content (AvgIpc) is 3.12. The van der Waals surface area contributed by atoms with Gasteiger partial charge in [0, 0.05) is 31.7 Å². The number of Topliss-reactive ketones (excluding diaryl/α,β-unsaturated/α-hetero) is 1. The molecular formula is C27H32N2O5. The van der Waals surface area contributed by atoms with Crippen molar-refractivity contribution >= 4 is 17.4 Å². The molecule has 180 valence electrons. The van der Waals surface area contributed by atoms with E-state index in [1.807, 2.05) is 31.2 Å². The highest BCUT2D eigenvalue weighted by Crippen LogP contribution is 2.39. The molecular weight excluding hydrogens is 432 g/mol. The maximum absolute atomic E-state index is 13.2. The van der Waals surface area contributed by atoms with Crippen LogP contribution in [0.15, 0.2) is 48.0 Å². The van der Waals surface area contributed by atoms with E-state index in [-0.39, 0.29) is 11.3 Å². The number of ketones is 1. The summed E-state index contributed by atoms with van der Waals surface area (Å²) in [6, 6.07) is 12.5. The van der Waals surface area contributed by atoms with Crippen molar-refractivity contribution < 1.29 is 24.2 Å². The zero-order valence-electron chi connectivity index (χ0n) is 20.0. The van der Waals surface area contributed by atoms with E-state index < -0.39 is 17.7 Å². The predicted octanol–water partition coefficient (Wildman–Crippen LogP) is 3.32. The Kier molecular flexibility index (Phi) is 7.34. The average molecular weight is 465 g/mol. The summed E-state index contributed by atoms with van der Waals surface area (Å²) in [5.74, 6) is -0.709. The van der Waals surface area contributed by atoms with Crippen molar-refractivity contribution in [2.75, 3.05) is 46.5 Å². The molecule has 0 aliphatic carbocycles. The van der Waals surface area contributed by atoms with Gasteiger partial charge >= 0.3 is 0 Å². The van der Waals surface area contributed by atoms with Gasteiger partial charge in [-0.05, 0) is 48.2 Å². The minimum absolute atomic E-state index is 0.126. The van der Waals surface area contributed by atoms with Gasteiger partial charge in [0.2, 0.25) is 0 Å². The first-order valence-electron chi connectivity index (χ1n) is 11.8. The van der Waals surface area contributed by atoms with Gasteiger partial charge in [-0.15, -0.1) is 0 Å². The number of ether oxygens (including phenoxy) is 2. The molecule has 0 bridgehead atoms. The minimum Gasteiger partial charge on any atom is -0.507 e. The van der Waals surface area contributed by atoms with Crippen molar-refractivity contribution in [2.24, 2.45) is 0 Å². The molecule has 0 aromatic heterocycles. The van der Waals surface area contributed by atoms with Crippen LogP contribution < -0.4 is 4.74 Å². The fourth-order valence-corrected chi connectivity index (χ4v) is 4.65. The van der Waals surface area contributed by atoms with E-state index in [0.717, 1.165) is 30.6 Å². The molecule has 1 N–H and O–H groups in total.